The minimum atomic E-state index is -0.288. The first kappa shape index (κ1) is 20.2. The fourth-order valence-electron chi connectivity index (χ4n) is 2.00. The van der Waals surface area contributed by atoms with Crippen molar-refractivity contribution in [3.05, 3.63) is 39.9 Å². The Morgan fingerprint density at radius 3 is 3.00 bits per heavy atom. The smallest absolute Gasteiger partial charge is 0.311 e. The van der Waals surface area contributed by atoms with Gasteiger partial charge in [0.05, 0.1) is 36.6 Å². The predicted molar refractivity (Wildman–Crippen MR) is 106 cm³/mol. The zero-order chi connectivity index (χ0) is 18.8. The molecule has 0 bridgehead atoms. The number of hydrogen-bond donors (Lipinski definition) is 1. The molecule has 1 N–H and O–H groups in total. The summed E-state index contributed by atoms with van der Waals surface area (Å²) in [5, 5.41) is 7.10. The van der Waals surface area contributed by atoms with E-state index in [0.29, 0.717) is 34.8 Å². The van der Waals surface area contributed by atoms with Crippen LogP contribution in [0.5, 0.6) is 5.75 Å². The molecule has 1 aromatic heterocycles. The van der Waals surface area contributed by atoms with E-state index in [-0.39, 0.29) is 12.4 Å². The number of halogens is 1. The second-order valence-corrected chi connectivity index (χ2v) is 6.65. The van der Waals surface area contributed by atoms with Crippen molar-refractivity contribution >= 4 is 40.3 Å². The Labute approximate surface area is 162 Å². The molecule has 1 heterocycles. The largest absolute Gasteiger partial charge is 0.492 e. The summed E-state index contributed by atoms with van der Waals surface area (Å²) >= 11 is 7.59. The summed E-state index contributed by atoms with van der Waals surface area (Å²) in [6.45, 7) is 4.91. The molecule has 0 amide bonds. The molecule has 26 heavy (non-hydrogen) atoms. The zero-order valence-corrected chi connectivity index (χ0v) is 16.4. The molecule has 2 aromatic rings. The van der Waals surface area contributed by atoms with Crippen LogP contribution in [0.25, 0.3) is 0 Å². The lowest BCUT2D eigenvalue weighted by Gasteiger charge is -2.07. The number of thiazole rings is 1. The van der Waals surface area contributed by atoms with Gasteiger partial charge in [-0.3, -0.25) is 10.2 Å². The van der Waals surface area contributed by atoms with Gasteiger partial charge in [-0.15, -0.1) is 11.3 Å². The van der Waals surface area contributed by atoms with Crippen LogP contribution in [0.3, 0.4) is 0 Å². The van der Waals surface area contributed by atoms with Gasteiger partial charge in [-0.2, -0.15) is 5.10 Å². The van der Waals surface area contributed by atoms with Gasteiger partial charge >= 0.3 is 5.97 Å². The van der Waals surface area contributed by atoms with E-state index in [4.69, 9.17) is 21.1 Å². The standard InChI is InChI=1S/C18H22ClN3O3S/c1-3-5-8-25-16-7-6-13(9-15(16)19)11-20-22-18-21-14(12-26-18)10-17(23)24-4-2/h6-7,9,11-12H,3-5,8,10H2,1-2H3,(H,21,22). The third kappa shape index (κ3) is 6.65. The molecule has 0 radical (unpaired) electrons. The second kappa shape index (κ2) is 10.8. The molecule has 0 fully saturated rings. The number of nitrogens with zero attached hydrogens (tertiary/aromatic N) is 2. The van der Waals surface area contributed by atoms with Crippen molar-refractivity contribution in [3.8, 4) is 5.75 Å². The van der Waals surface area contributed by atoms with E-state index in [2.05, 4.69) is 22.4 Å². The van der Waals surface area contributed by atoms with Crippen LogP contribution in [0.1, 0.15) is 37.9 Å². The van der Waals surface area contributed by atoms with Crippen molar-refractivity contribution < 1.29 is 14.3 Å². The third-order valence-corrected chi connectivity index (χ3v) is 4.36. The molecule has 1 aromatic carbocycles. The highest BCUT2D eigenvalue weighted by Gasteiger charge is 2.08. The number of hydrazone groups is 1. The van der Waals surface area contributed by atoms with Crippen molar-refractivity contribution in [3.63, 3.8) is 0 Å². The number of carbonyl (C=O) groups excluding carboxylic acids is 1. The Kier molecular flexibility index (Phi) is 8.37. The maximum absolute atomic E-state index is 11.4. The number of benzene rings is 1. The van der Waals surface area contributed by atoms with Crippen LogP contribution in [0.15, 0.2) is 28.7 Å². The number of unbranched alkanes of at least 4 members (excludes halogenated alkanes) is 1. The number of aromatic nitrogens is 1. The number of anilines is 1. The number of ether oxygens (including phenoxy) is 2. The van der Waals surface area contributed by atoms with Gasteiger partial charge in [-0.25, -0.2) is 4.98 Å². The van der Waals surface area contributed by atoms with E-state index in [0.717, 1.165) is 18.4 Å². The van der Waals surface area contributed by atoms with Crippen LogP contribution < -0.4 is 10.2 Å². The molecular formula is C18H22ClN3O3S. The highest BCUT2D eigenvalue weighted by molar-refractivity contribution is 7.13. The summed E-state index contributed by atoms with van der Waals surface area (Å²) in [6.07, 6.45) is 3.88. The molecule has 6 nitrogen and oxygen atoms in total. The highest BCUT2D eigenvalue weighted by atomic mass is 35.5. The summed E-state index contributed by atoms with van der Waals surface area (Å²) in [6, 6.07) is 5.51. The zero-order valence-electron chi connectivity index (χ0n) is 14.8. The van der Waals surface area contributed by atoms with Gasteiger partial charge in [0.15, 0.2) is 0 Å². The van der Waals surface area contributed by atoms with Crippen molar-refractivity contribution in [2.45, 2.75) is 33.1 Å². The molecule has 0 saturated heterocycles. The number of carbonyl (C=O) groups is 1. The molecular weight excluding hydrogens is 374 g/mol. The first-order chi connectivity index (χ1) is 12.6. The average Bonchev–Trinajstić information content (AvgIpc) is 3.04. The van der Waals surface area contributed by atoms with E-state index >= 15 is 0 Å². The van der Waals surface area contributed by atoms with Crippen LogP contribution in [0.4, 0.5) is 5.13 Å². The molecule has 0 aliphatic rings. The quantitative estimate of drug-likeness (QED) is 0.277. The minimum absolute atomic E-state index is 0.158. The molecule has 0 saturated carbocycles. The molecule has 2 rings (SSSR count). The lowest BCUT2D eigenvalue weighted by atomic mass is 10.2. The fourth-order valence-corrected chi connectivity index (χ4v) is 2.90. The van der Waals surface area contributed by atoms with Gasteiger partial charge < -0.3 is 9.47 Å². The van der Waals surface area contributed by atoms with Gasteiger partial charge in [-0.05, 0) is 37.1 Å². The van der Waals surface area contributed by atoms with Gasteiger partial charge in [0, 0.05) is 5.38 Å². The molecule has 0 atom stereocenters. The summed E-state index contributed by atoms with van der Waals surface area (Å²) < 4.78 is 10.5. The number of hydrogen-bond acceptors (Lipinski definition) is 7. The lowest BCUT2D eigenvalue weighted by molar-refractivity contribution is -0.142. The molecule has 0 aliphatic carbocycles. The van der Waals surface area contributed by atoms with Crippen LogP contribution in [0, 0.1) is 0 Å². The number of rotatable bonds is 10. The van der Waals surface area contributed by atoms with Crippen LogP contribution in [0.2, 0.25) is 5.02 Å². The van der Waals surface area contributed by atoms with Gasteiger partial charge in [0.2, 0.25) is 5.13 Å². The monoisotopic (exact) mass is 395 g/mol. The van der Waals surface area contributed by atoms with Crippen LogP contribution in [-0.4, -0.2) is 30.4 Å². The lowest BCUT2D eigenvalue weighted by Crippen LogP contribution is -2.07. The van der Waals surface area contributed by atoms with Crippen LogP contribution >= 0.6 is 22.9 Å². The first-order valence-electron chi connectivity index (χ1n) is 8.43. The summed E-state index contributed by atoms with van der Waals surface area (Å²) in [5.74, 6) is 0.387. The van der Waals surface area contributed by atoms with Gasteiger partial charge in [0.1, 0.15) is 5.75 Å². The van der Waals surface area contributed by atoms with Crippen molar-refractivity contribution in [1.29, 1.82) is 0 Å². The van der Waals surface area contributed by atoms with E-state index in [9.17, 15) is 4.79 Å². The van der Waals surface area contributed by atoms with Crippen molar-refractivity contribution in [2.75, 3.05) is 18.6 Å². The van der Waals surface area contributed by atoms with Gasteiger partial charge in [-0.1, -0.05) is 24.9 Å². The van der Waals surface area contributed by atoms with E-state index in [1.165, 1.54) is 11.3 Å². The maximum atomic E-state index is 11.4. The van der Waals surface area contributed by atoms with E-state index in [1.807, 2.05) is 12.1 Å². The summed E-state index contributed by atoms with van der Waals surface area (Å²) in [7, 11) is 0. The third-order valence-electron chi connectivity index (χ3n) is 3.27. The Morgan fingerprint density at radius 2 is 2.27 bits per heavy atom. The Morgan fingerprint density at radius 1 is 1.42 bits per heavy atom. The van der Waals surface area contributed by atoms with Crippen molar-refractivity contribution in [2.24, 2.45) is 5.10 Å². The normalized spacial score (nSPS) is 10.9. The summed E-state index contributed by atoms with van der Waals surface area (Å²) in [5.41, 5.74) is 4.34. The Hall–Kier alpha value is -2.12. The van der Waals surface area contributed by atoms with Gasteiger partial charge in [0.25, 0.3) is 0 Å². The van der Waals surface area contributed by atoms with Crippen molar-refractivity contribution in [1.82, 2.24) is 4.98 Å². The Bertz CT molecular complexity index is 749. The second-order valence-electron chi connectivity index (χ2n) is 5.39. The number of esters is 1. The fraction of sp³-hybridized carbons (Fsp3) is 0.389. The Balaban J connectivity index is 1.87. The predicted octanol–water partition coefficient (Wildman–Crippen LogP) is 4.53. The van der Waals surface area contributed by atoms with E-state index < -0.39 is 0 Å². The highest BCUT2D eigenvalue weighted by Crippen LogP contribution is 2.25. The van der Waals surface area contributed by atoms with E-state index in [1.54, 1.807) is 24.6 Å². The van der Waals surface area contributed by atoms with Crippen LogP contribution in [-0.2, 0) is 16.0 Å². The molecule has 140 valence electrons. The topological polar surface area (TPSA) is 72.8 Å². The molecule has 0 unspecified atom stereocenters. The molecule has 8 heteroatoms. The first-order valence-corrected chi connectivity index (χ1v) is 9.69. The number of nitrogens with one attached hydrogen (secondary N) is 1. The maximum Gasteiger partial charge on any atom is 0.311 e. The molecule has 0 spiro atoms. The SMILES string of the molecule is CCCCOc1ccc(C=NNc2nc(CC(=O)OCC)cs2)cc1Cl. The summed E-state index contributed by atoms with van der Waals surface area (Å²) in [4.78, 5) is 15.7. The minimum Gasteiger partial charge on any atom is -0.492 e. The average molecular weight is 396 g/mol. The molecule has 0 aliphatic heterocycles.